The number of nitrogens with zero attached hydrogens (tertiary/aromatic N) is 4. The molecule has 1 unspecified atom stereocenters. The van der Waals surface area contributed by atoms with Crippen molar-refractivity contribution in [3.05, 3.63) is 83.7 Å². The van der Waals surface area contributed by atoms with Crippen LogP contribution in [-0.4, -0.2) is 56.2 Å². The van der Waals surface area contributed by atoms with Crippen molar-refractivity contribution in [2.45, 2.75) is 52.0 Å². The maximum atomic E-state index is 13.2. The Morgan fingerprint density at radius 2 is 1.49 bits per heavy atom. The first-order valence-corrected chi connectivity index (χ1v) is 11.1. The van der Waals surface area contributed by atoms with Crippen molar-refractivity contribution in [3.8, 4) is 0 Å². The summed E-state index contributed by atoms with van der Waals surface area (Å²) in [6.07, 6.45) is -1.68. The third kappa shape index (κ3) is 6.10. The van der Waals surface area contributed by atoms with Crippen molar-refractivity contribution < 1.29 is 28.6 Å². The number of hydrogen-bond donors (Lipinski definition) is 0. The number of esters is 2. The van der Waals surface area contributed by atoms with E-state index >= 15 is 0 Å². The Morgan fingerprint density at radius 1 is 0.886 bits per heavy atom. The highest BCUT2D eigenvalue weighted by molar-refractivity contribution is 5.87. The van der Waals surface area contributed by atoms with E-state index in [2.05, 4.69) is 10.3 Å². The first-order valence-electron chi connectivity index (χ1n) is 11.1. The molecule has 2 heterocycles. The number of ether oxygens (including phenoxy) is 3. The monoisotopic (exact) mass is 478 g/mol. The highest BCUT2D eigenvalue weighted by Crippen LogP contribution is 2.29. The molecule has 0 aliphatic carbocycles. The molecule has 0 N–H and O–H groups in total. The first kappa shape index (κ1) is 24.1. The van der Waals surface area contributed by atoms with Gasteiger partial charge in [-0.15, -0.1) is 5.10 Å². The summed E-state index contributed by atoms with van der Waals surface area (Å²) in [7, 11) is 0. The molecule has 10 nitrogen and oxygen atoms in total. The fourth-order valence-corrected chi connectivity index (χ4v) is 3.92. The molecule has 1 aliphatic rings. The van der Waals surface area contributed by atoms with E-state index < -0.39 is 36.3 Å². The molecular formula is C25H26N4O6. The first-order chi connectivity index (χ1) is 16.9. The lowest BCUT2D eigenvalue weighted by atomic mass is 10.2. The second-order valence-corrected chi connectivity index (χ2v) is 8.15. The molecule has 3 aromatic rings. The topological polar surface area (TPSA) is 113 Å². The van der Waals surface area contributed by atoms with E-state index in [0.717, 1.165) is 11.1 Å². The van der Waals surface area contributed by atoms with Gasteiger partial charge in [-0.25, -0.2) is 4.68 Å². The summed E-state index contributed by atoms with van der Waals surface area (Å²) in [4.78, 5) is 38.1. The summed E-state index contributed by atoms with van der Waals surface area (Å²) in [5, 5.41) is 8.28. The molecule has 1 aromatic heterocycles. The molecule has 2 aromatic carbocycles. The summed E-state index contributed by atoms with van der Waals surface area (Å²) in [5.41, 5.74) is 2.44. The number of hydrogen-bond acceptors (Lipinski definition) is 8. The van der Waals surface area contributed by atoms with Gasteiger partial charge >= 0.3 is 11.9 Å². The molecule has 182 valence electrons. The van der Waals surface area contributed by atoms with Crippen molar-refractivity contribution in [2.24, 2.45) is 0 Å². The van der Waals surface area contributed by atoms with Crippen LogP contribution in [0.5, 0.6) is 0 Å². The maximum Gasteiger partial charge on any atom is 0.303 e. The SMILES string of the molecule is CC(=O)O[C@@H]1C(=O)N(Cc2ccccc2)C(OCc2cn(Cc3ccccc3)nn2)[C@@H]1OC(C)=O. The molecule has 10 heteroatoms. The van der Waals surface area contributed by atoms with Crippen LogP contribution in [0.1, 0.15) is 30.7 Å². The Hall–Kier alpha value is -4.05. The van der Waals surface area contributed by atoms with E-state index in [4.69, 9.17) is 14.2 Å². The summed E-state index contributed by atoms with van der Waals surface area (Å²) in [6, 6.07) is 19.1. The molecule has 4 rings (SSSR count). The van der Waals surface area contributed by atoms with E-state index in [1.54, 1.807) is 10.9 Å². The van der Waals surface area contributed by atoms with Gasteiger partial charge in [-0.3, -0.25) is 14.4 Å². The van der Waals surface area contributed by atoms with E-state index in [1.165, 1.54) is 18.7 Å². The number of rotatable bonds is 9. The smallest absolute Gasteiger partial charge is 0.303 e. The minimum absolute atomic E-state index is 0.00256. The van der Waals surface area contributed by atoms with Crippen molar-refractivity contribution in [1.82, 2.24) is 19.9 Å². The molecule has 1 aliphatic heterocycles. The van der Waals surface area contributed by atoms with Gasteiger partial charge in [-0.2, -0.15) is 0 Å². The number of aromatic nitrogens is 3. The third-order valence-corrected chi connectivity index (χ3v) is 5.38. The van der Waals surface area contributed by atoms with Crippen LogP contribution in [-0.2, 0) is 48.3 Å². The highest BCUT2D eigenvalue weighted by Gasteiger charge is 2.53. The maximum absolute atomic E-state index is 13.2. The van der Waals surface area contributed by atoms with Crippen LogP contribution in [0.4, 0.5) is 0 Å². The molecule has 35 heavy (non-hydrogen) atoms. The lowest BCUT2D eigenvalue weighted by molar-refractivity contribution is -0.175. The number of carbonyl (C=O) groups excluding carboxylic acids is 3. The Kier molecular flexibility index (Phi) is 7.51. The number of carbonyl (C=O) groups is 3. The Bertz CT molecular complexity index is 1170. The van der Waals surface area contributed by atoms with E-state index in [9.17, 15) is 14.4 Å². The van der Waals surface area contributed by atoms with Crippen LogP contribution in [0, 0.1) is 0 Å². The zero-order chi connectivity index (χ0) is 24.8. The largest absolute Gasteiger partial charge is 0.453 e. The Balaban J connectivity index is 1.53. The predicted octanol–water partition coefficient (Wildman–Crippen LogP) is 2.07. The van der Waals surface area contributed by atoms with Crippen LogP contribution in [0.25, 0.3) is 0 Å². The van der Waals surface area contributed by atoms with E-state index in [-0.39, 0.29) is 13.2 Å². The highest BCUT2D eigenvalue weighted by atomic mass is 16.6. The quantitative estimate of drug-likeness (QED) is 0.430. The van der Waals surface area contributed by atoms with Crippen molar-refractivity contribution in [2.75, 3.05) is 0 Å². The van der Waals surface area contributed by atoms with E-state index in [0.29, 0.717) is 12.2 Å². The average molecular weight is 479 g/mol. The van der Waals surface area contributed by atoms with Crippen molar-refractivity contribution >= 4 is 17.8 Å². The molecule has 1 amide bonds. The van der Waals surface area contributed by atoms with Crippen LogP contribution >= 0.6 is 0 Å². The zero-order valence-electron chi connectivity index (χ0n) is 19.4. The number of benzene rings is 2. The fraction of sp³-hybridized carbons (Fsp3) is 0.320. The van der Waals surface area contributed by atoms with Gasteiger partial charge in [0.15, 0.2) is 12.3 Å². The number of amides is 1. The van der Waals surface area contributed by atoms with Crippen LogP contribution in [0.2, 0.25) is 0 Å². The van der Waals surface area contributed by atoms with Crippen LogP contribution in [0.15, 0.2) is 66.9 Å². The fourth-order valence-electron chi connectivity index (χ4n) is 3.92. The Morgan fingerprint density at radius 3 is 2.09 bits per heavy atom. The average Bonchev–Trinajstić information content (AvgIpc) is 3.37. The molecule has 3 atom stereocenters. The van der Waals surface area contributed by atoms with Gasteiger partial charge in [0.1, 0.15) is 5.69 Å². The molecule has 1 fully saturated rings. The van der Waals surface area contributed by atoms with Gasteiger partial charge in [0, 0.05) is 20.4 Å². The molecule has 1 saturated heterocycles. The van der Waals surface area contributed by atoms with Crippen LogP contribution < -0.4 is 0 Å². The second-order valence-electron chi connectivity index (χ2n) is 8.15. The molecular weight excluding hydrogens is 452 g/mol. The lowest BCUT2D eigenvalue weighted by Gasteiger charge is -2.27. The molecule has 0 saturated carbocycles. The minimum atomic E-state index is -1.31. The predicted molar refractivity (Wildman–Crippen MR) is 122 cm³/mol. The van der Waals surface area contributed by atoms with Gasteiger partial charge in [0.25, 0.3) is 5.91 Å². The summed E-state index contributed by atoms with van der Waals surface area (Å²) < 4.78 is 18.4. The van der Waals surface area contributed by atoms with Crippen molar-refractivity contribution in [3.63, 3.8) is 0 Å². The summed E-state index contributed by atoms with van der Waals surface area (Å²) in [5.74, 6) is -1.79. The zero-order valence-corrected chi connectivity index (χ0v) is 19.4. The summed E-state index contributed by atoms with van der Waals surface area (Å²) in [6.45, 7) is 3.14. The van der Waals surface area contributed by atoms with Crippen molar-refractivity contribution in [1.29, 1.82) is 0 Å². The van der Waals surface area contributed by atoms with Gasteiger partial charge < -0.3 is 19.1 Å². The molecule has 0 bridgehead atoms. The lowest BCUT2D eigenvalue weighted by Crippen LogP contribution is -2.41. The number of likely N-dealkylation sites (tertiary alicyclic amines) is 1. The standard InChI is InChI=1S/C25H26N4O6/c1-17(30)34-22-23(35-18(2)31)25(29(24(22)32)14-20-11-7-4-8-12-20)33-16-21-15-28(27-26-21)13-19-9-5-3-6-10-19/h3-12,15,22-23,25H,13-14,16H2,1-2H3/t22-,23+,25?/m0/s1. The van der Waals surface area contributed by atoms with Gasteiger partial charge in [-0.05, 0) is 11.1 Å². The third-order valence-electron chi connectivity index (χ3n) is 5.38. The van der Waals surface area contributed by atoms with Gasteiger partial charge in [-0.1, -0.05) is 65.9 Å². The molecule has 0 spiro atoms. The second kappa shape index (κ2) is 10.9. The van der Waals surface area contributed by atoms with Gasteiger partial charge in [0.2, 0.25) is 6.10 Å². The van der Waals surface area contributed by atoms with E-state index in [1.807, 2.05) is 60.7 Å². The van der Waals surface area contributed by atoms with Crippen LogP contribution in [0.3, 0.4) is 0 Å². The molecule has 0 radical (unpaired) electrons. The normalized spacial score (nSPS) is 19.5. The Labute approximate surface area is 202 Å². The summed E-state index contributed by atoms with van der Waals surface area (Å²) >= 11 is 0. The minimum Gasteiger partial charge on any atom is -0.453 e. The van der Waals surface area contributed by atoms with Gasteiger partial charge in [0.05, 0.1) is 19.3 Å².